The molecule has 1 saturated heterocycles. The van der Waals surface area contributed by atoms with Crippen molar-refractivity contribution in [3.8, 4) is 17.2 Å². The SMILES string of the molecule is COCCN1C(=O)C(=O)C(=C(O)c2ccc3c(c2)C[C@@H](C)O3)[C@@H]1c1cccc(Oc2ccccc2)c1. The number of likely N-dealkylation sites (tertiary alicyclic amines) is 1. The highest BCUT2D eigenvalue weighted by Gasteiger charge is 2.46. The number of rotatable bonds is 7. The molecule has 184 valence electrons. The first-order chi connectivity index (χ1) is 17.5. The fourth-order valence-electron chi connectivity index (χ4n) is 4.74. The van der Waals surface area contributed by atoms with Crippen molar-refractivity contribution in [2.24, 2.45) is 0 Å². The molecule has 2 heterocycles. The van der Waals surface area contributed by atoms with E-state index in [1.807, 2.05) is 49.4 Å². The molecule has 7 heteroatoms. The van der Waals surface area contributed by atoms with E-state index in [2.05, 4.69) is 0 Å². The van der Waals surface area contributed by atoms with Gasteiger partial charge in [-0.2, -0.15) is 0 Å². The topological polar surface area (TPSA) is 85.3 Å². The first-order valence-electron chi connectivity index (χ1n) is 11.9. The molecular formula is C29H27NO6. The standard InChI is InChI=1S/C29H27NO6/c1-18-15-21-16-20(11-12-24(21)35-18)27(31)25-26(30(13-14-34-2)29(33)28(25)32)19-7-6-10-23(17-19)36-22-8-4-3-5-9-22/h3-12,16-18,26,31H,13-15H2,1-2H3/t18-,26+/m1/s1. The van der Waals surface area contributed by atoms with Gasteiger partial charge in [-0.25, -0.2) is 0 Å². The number of carbonyl (C=O) groups is 2. The summed E-state index contributed by atoms with van der Waals surface area (Å²) >= 11 is 0. The van der Waals surface area contributed by atoms with Gasteiger partial charge in [0.05, 0.1) is 18.2 Å². The zero-order chi connectivity index (χ0) is 25.2. The van der Waals surface area contributed by atoms with Crippen molar-refractivity contribution in [2.75, 3.05) is 20.3 Å². The lowest BCUT2D eigenvalue weighted by Gasteiger charge is -2.25. The smallest absolute Gasteiger partial charge is 0.295 e. The summed E-state index contributed by atoms with van der Waals surface area (Å²) in [7, 11) is 1.54. The Kier molecular flexibility index (Phi) is 6.48. The number of para-hydroxylation sites is 1. The highest BCUT2D eigenvalue weighted by Crippen LogP contribution is 2.41. The van der Waals surface area contributed by atoms with Gasteiger partial charge in [0.1, 0.15) is 29.1 Å². The monoisotopic (exact) mass is 485 g/mol. The number of fused-ring (bicyclic) bond motifs is 1. The lowest BCUT2D eigenvalue weighted by atomic mass is 9.94. The average Bonchev–Trinajstić information content (AvgIpc) is 3.38. The van der Waals surface area contributed by atoms with Gasteiger partial charge in [-0.05, 0) is 60.5 Å². The van der Waals surface area contributed by atoms with Crippen molar-refractivity contribution in [3.63, 3.8) is 0 Å². The van der Waals surface area contributed by atoms with E-state index >= 15 is 0 Å². The van der Waals surface area contributed by atoms with E-state index < -0.39 is 17.7 Å². The lowest BCUT2D eigenvalue weighted by Crippen LogP contribution is -2.32. The van der Waals surface area contributed by atoms with Crippen molar-refractivity contribution in [2.45, 2.75) is 25.5 Å². The fraction of sp³-hybridized carbons (Fsp3) is 0.241. The Morgan fingerprint density at radius 2 is 1.81 bits per heavy atom. The van der Waals surface area contributed by atoms with Gasteiger partial charge in [-0.1, -0.05) is 30.3 Å². The quantitative estimate of drug-likeness (QED) is 0.292. The van der Waals surface area contributed by atoms with Crippen LogP contribution >= 0.6 is 0 Å². The van der Waals surface area contributed by atoms with Crippen LogP contribution in [0, 0.1) is 0 Å². The highest BCUT2D eigenvalue weighted by molar-refractivity contribution is 6.46. The maximum Gasteiger partial charge on any atom is 0.295 e. The third-order valence-corrected chi connectivity index (χ3v) is 6.40. The number of carbonyl (C=O) groups excluding carboxylic acids is 2. The van der Waals surface area contributed by atoms with Gasteiger partial charge >= 0.3 is 0 Å². The van der Waals surface area contributed by atoms with E-state index in [0.717, 1.165) is 11.3 Å². The molecule has 0 aromatic heterocycles. The minimum absolute atomic E-state index is 0.0416. The number of hydrogen-bond donors (Lipinski definition) is 1. The minimum atomic E-state index is -0.789. The number of ketones is 1. The molecule has 0 aliphatic carbocycles. The molecule has 0 unspecified atom stereocenters. The third-order valence-electron chi connectivity index (χ3n) is 6.40. The number of nitrogens with zero attached hydrogens (tertiary/aromatic N) is 1. The van der Waals surface area contributed by atoms with Crippen molar-refractivity contribution < 1.29 is 28.9 Å². The number of methoxy groups -OCH3 is 1. The Bertz CT molecular complexity index is 1330. The van der Waals surface area contributed by atoms with E-state index in [1.165, 1.54) is 12.0 Å². The van der Waals surface area contributed by atoms with E-state index in [0.29, 0.717) is 29.0 Å². The van der Waals surface area contributed by atoms with Crippen LogP contribution in [-0.2, 0) is 20.7 Å². The second kappa shape index (κ2) is 9.87. The van der Waals surface area contributed by atoms with E-state index in [-0.39, 0.29) is 30.6 Å². The van der Waals surface area contributed by atoms with Crippen molar-refractivity contribution in [1.82, 2.24) is 4.90 Å². The van der Waals surface area contributed by atoms with E-state index in [4.69, 9.17) is 14.2 Å². The molecular weight excluding hydrogens is 458 g/mol. The highest BCUT2D eigenvalue weighted by atomic mass is 16.5. The molecule has 2 atom stereocenters. The molecule has 2 aliphatic heterocycles. The van der Waals surface area contributed by atoms with Crippen LogP contribution in [0.1, 0.15) is 29.7 Å². The molecule has 0 bridgehead atoms. The predicted molar refractivity (Wildman–Crippen MR) is 134 cm³/mol. The van der Waals surface area contributed by atoms with Gasteiger partial charge in [0.2, 0.25) is 0 Å². The Morgan fingerprint density at radius 1 is 1.03 bits per heavy atom. The largest absolute Gasteiger partial charge is 0.507 e. The zero-order valence-corrected chi connectivity index (χ0v) is 20.1. The summed E-state index contributed by atoms with van der Waals surface area (Å²) in [6.45, 7) is 2.42. The van der Waals surface area contributed by atoms with Crippen LogP contribution in [0.4, 0.5) is 0 Å². The summed E-state index contributed by atoms with van der Waals surface area (Å²) in [5.41, 5.74) is 2.12. The molecule has 0 radical (unpaired) electrons. The Labute approximate surface area is 209 Å². The minimum Gasteiger partial charge on any atom is -0.507 e. The summed E-state index contributed by atoms with van der Waals surface area (Å²) in [6.07, 6.45) is 0.755. The Hall–Kier alpha value is -4.10. The first-order valence-corrected chi connectivity index (χ1v) is 11.9. The molecule has 5 rings (SSSR count). The van der Waals surface area contributed by atoms with Crippen LogP contribution in [0.3, 0.4) is 0 Å². The number of aliphatic hydroxyl groups excluding tert-OH is 1. The summed E-state index contributed by atoms with van der Waals surface area (Å²) in [4.78, 5) is 27.7. The second-order valence-corrected chi connectivity index (χ2v) is 8.93. The fourth-order valence-corrected chi connectivity index (χ4v) is 4.74. The van der Waals surface area contributed by atoms with Crippen LogP contribution in [0.15, 0.2) is 78.4 Å². The van der Waals surface area contributed by atoms with Gasteiger partial charge < -0.3 is 24.2 Å². The zero-order valence-electron chi connectivity index (χ0n) is 20.1. The van der Waals surface area contributed by atoms with Crippen molar-refractivity contribution >= 4 is 17.4 Å². The summed E-state index contributed by atoms with van der Waals surface area (Å²) in [5, 5.41) is 11.4. The molecule has 1 fully saturated rings. The van der Waals surface area contributed by atoms with Crippen LogP contribution in [0.2, 0.25) is 0 Å². The summed E-state index contributed by atoms with van der Waals surface area (Å²) in [5.74, 6) is 0.369. The molecule has 0 saturated carbocycles. The van der Waals surface area contributed by atoms with Gasteiger partial charge in [0.25, 0.3) is 11.7 Å². The average molecular weight is 486 g/mol. The van der Waals surface area contributed by atoms with Crippen molar-refractivity contribution in [3.05, 3.63) is 95.1 Å². The molecule has 1 amide bonds. The third kappa shape index (κ3) is 4.45. The normalized spacial score (nSPS) is 20.3. The molecule has 2 aliphatic rings. The van der Waals surface area contributed by atoms with Crippen LogP contribution < -0.4 is 9.47 Å². The molecule has 36 heavy (non-hydrogen) atoms. The van der Waals surface area contributed by atoms with Crippen molar-refractivity contribution in [1.29, 1.82) is 0 Å². The van der Waals surface area contributed by atoms with E-state index in [1.54, 1.807) is 30.3 Å². The van der Waals surface area contributed by atoms with Crippen LogP contribution in [0.25, 0.3) is 5.76 Å². The van der Waals surface area contributed by atoms with Gasteiger partial charge in [0, 0.05) is 25.6 Å². The number of ether oxygens (including phenoxy) is 3. The lowest BCUT2D eigenvalue weighted by molar-refractivity contribution is -0.140. The summed E-state index contributed by atoms with van der Waals surface area (Å²) in [6, 6.07) is 21.1. The molecule has 3 aromatic carbocycles. The van der Waals surface area contributed by atoms with Gasteiger partial charge in [-0.15, -0.1) is 0 Å². The number of hydrogen-bond acceptors (Lipinski definition) is 6. The van der Waals surface area contributed by atoms with Gasteiger partial charge in [-0.3, -0.25) is 9.59 Å². The second-order valence-electron chi connectivity index (χ2n) is 8.93. The number of amides is 1. The number of benzene rings is 3. The number of Topliss-reactive ketones (excluding diaryl/α,β-unsaturated/α-hetero) is 1. The Balaban J connectivity index is 1.58. The maximum atomic E-state index is 13.2. The Morgan fingerprint density at radius 3 is 2.58 bits per heavy atom. The maximum absolute atomic E-state index is 13.2. The van der Waals surface area contributed by atoms with Gasteiger partial charge in [0.15, 0.2) is 0 Å². The van der Waals surface area contributed by atoms with Crippen LogP contribution in [0.5, 0.6) is 17.2 Å². The van der Waals surface area contributed by atoms with E-state index in [9.17, 15) is 14.7 Å². The summed E-state index contributed by atoms with van der Waals surface area (Å²) < 4.78 is 16.9. The number of aliphatic hydroxyl groups is 1. The molecule has 0 spiro atoms. The molecule has 1 N–H and O–H groups in total. The molecule has 3 aromatic rings. The molecule has 7 nitrogen and oxygen atoms in total. The van der Waals surface area contributed by atoms with Crippen LogP contribution in [-0.4, -0.2) is 48.1 Å². The predicted octanol–water partition coefficient (Wildman–Crippen LogP) is 4.87. The first kappa shape index (κ1) is 23.6.